The molecule has 2 aromatic heterocycles. The lowest BCUT2D eigenvalue weighted by atomic mass is 9.99. The van der Waals surface area contributed by atoms with Gasteiger partial charge in [-0.15, -0.1) is 0 Å². The normalized spacial score (nSPS) is 18.1. The lowest BCUT2D eigenvalue weighted by Gasteiger charge is -2.32. The number of fused-ring (bicyclic) bond motifs is 1. The van der Waals surface area contributed by atoms with E-state index in [2.05, 4.69) is 15.0 Å². The first-order valence-electron chi connectivity index (χ1n) is 9.26. The van der Waals surface area contributed by atoms with Crippen LogP contribution in [0.3, 0.4) is 0 Å². The van der Waals surface area contributed by atoms with Gasteiger partial charge in [-0.25, -0.2) is 13.9 Å². The molecular weight excluding hydrogens is 347 g/mol. The van der Waals surface area contributed by atoms with Crippen LogP contribution in [-0.4, -0.2) is 39.2 Å². The number of ether oxygens (including phenoxy) is 1. The molecule has 1 atom stereocenters. The van der Waals surface area contributed by atoms with Crippen LogP contribution >= 0.6 is 0 Å². The van der Waals surface area contributed by atoms with E-state index in [1.54, 1.807) is 24.3 Å². The summed E-state index contributed by atoms with van der Waals surface area (Å²) in [6.45, 7) is 4.83. The summed E-state index contributed by atoms with van der Waals surface area (Å²) in [4.78, 5) is 19.1. The minimum atomic E-state index is -0.329. The van der Waals surface area contributed by atoms with Crippen molar-refractivity contribution in [2.24, 2.45) is 5.92 Å². The summed E-state index contributed by atoms with van der Waals surface area (Å²) in [5.74, 6) is 0.306. The van der Waals surface area contributed by atoms with Crippen LogP contribution in [-0.2, 0) is 6.54 Å². The number of aromatic amines is 1. The van der Waals surface area contributed by atoms with Crippen LogP contribution in [0, 0.1) is 18.7 Å². The Hall–Kier alpha value is -2.67. The fourth-order valence-electron chi connectivity index (χ4n) is 3.67. The van der Waals surface area contributed by atoms with Gasteiger partial charge in [0.2, 0.25) is 0 Å². The zero-order chi connectivity index (χ0) is 18.8. The van der Waals surface area contributed by atoms with Crippen LogP contribution in [0.4, 0.5) is 4.39 Å². The van der Waals surface area contributed by atoms with E-state index >= 15 is 0 Å². The fourth-order valence-corrected chi connectivity index (χ4v) is 3.67. The van der Waals surface area contributed by atoms with Gasteiger partial charge in [0, 0.05) is 36.8 Å². The molecule has 0 bridgehead atoms. The molecule has 0 aliphatic carbocycles. The van der Waals surface area contributed by atoms with Gasteiger partial charge >= 0.3 is 0 Å². The standard InChI is InChI=1S/C20H23FN4O2/c1-14-9-19-22-16(10-20(26)25(19)23-14)12-24-8-4-5-15(11-24)13-27-18-7-3-2-6-17(18)21/h2-3,6-7,9-10,15,23H,4-5,8,11-13H2,1H3/t15-/m0/s1. The maximum atomic E-state index is 13.7. The Kier molecular flexibility index (Phi) is 4.94. The zero-order valence-corrected chi connectivity index (χ0v) is 15.3. The fraction of sp³-hybridized carbons (Fsp3) is 0.400. The molecule has 4 rings (SSSR count). The van der Waals surface area contributed by atoms with Crippen molar-refractivity contribution in [1.29, 1.82) is 0 Å². The molecule has 27 heavy (non-hydrogen) atoms. The maximum Gasteiger partial charge on any atom is 0.272 e. The molecule has 0 unspecified atom stereocenters. The number of H-pyrrole nitrogens is 1. The second-order valence-corrected chi connectivity index (χ2v) is 7.20. The van der Waals surface area contributed by atoms with Crippen molar-refractivity contribution in [3.05, 3.63) is 64.0 Å². The molecule has 3 heterocycles. The van der Waals surface area contributed by atoms with Gasteiger partial charge in [0.15, 0.2) is 17.2 Å². The average molecular weight is 370 g/mol. The second kappa shape index (κ2) is 7.52. The van der Waals surface area contributed by atoms with Gasteiger partial charge < -0.3 is 4.74 Å². The lowest BCUT2D eigenvalue weighted by Crippen LogP contribution is -2.37. The zero-order valence-electron chi connectivity index (χ0n) is 15.3. The predicted octanol–water partition coefficient (Wildman–Crippen LogP) is 2.76. The van der Waals surface area contributed by atoms with Crippen molar-refractivity contribution in [2.45, 2.75) is 26.3 Å². The van der Waals surface area contributed by atoms with Crippen molar-refractivity contribution in [2.75, 3.05) is 19.7 Å². The number of halogens is 1. The van der Waals surface area contributed by atoms with E-state index in [1.165, 1.54) is 10.6 Å². The number of aromatic nitrogens is 3. The van der Waals surface area contributed by atoms with E-state index in [0.29, 0.717) is 30.5 Å². The summed E-state index contributed by atoms with van der Waals surface area (Å²) in [5, 5.41) is 2.98. The number of hydrogen-bond donors (Lipinski definition) is 1. The molecule has 0 radical (unpaired) electrons. The molecule has 0 amide bonds. The van der Waals surface area contributed by atoms with Gasteiger partial charge in [0.1, 0.15) is 0 Å². The molecule has 1 aliphatic rings. The number of rotatable bonds is 5. The van der Waals surface area contributed by atoms with E-state index in [4.69, 9.17) is 4.74 Å². The topological polar surface area (TPSA) is 62.6 Å². The monoisotopic (exact) mass is 370 g/mol. The van der Waals surface area contributed by atoms with Gasteiger partial charge in [-0.2, -0.15) is 0 Å². The lowest BCUT2D eigenvalue weighted by molar-refractivity contribution is 0.122. The summed E-state index contributed by atoms with van der Waals surface area (Å²) in [7, 11) is 0. The maximum absolute atomic E-state index is 13.7. The highest BCUT2D eigenvalue weighted by Gasteiger charge is 2.21. The van der Waals surface area contributed by atoms with E-state index in [9.17, 15) is 9.18 Å². The number of aryl methyl sites for hydroxylation is 1. The number of likely N-dealkylation sites (tertiary alicyclic amines) is 1. The molecule has 7 heteroatoms. The van der Waals surface area contributed by atoms with Crippen LogP contribution < -0.4 is 10.3 Å². The smallest absolute Gasteiger partial charge is 0.272 e. The second-order valence-electron chi connectivity index (χ2n) is 7.20. The number of piperidine rings is 1. The van der Waals surface area contributed by atoms with Crippen LogP contribution in [0.5, 0.6) is 5.75 Å². The summed E-state index contributed by atoms with van der Waals surface area (Å²) >= 11 is 0. The molecule has 6 nitrogen and oxygen atoms in total. The van der Waals surface area contributed by atoms with Crippen LogP contribution in [0.1, 0.15) is 24.2 Å². The minimum absolute atomic E-state index is 0.0976. The summed E-state index contributed by atoms with van der Waals surface area (Å²) in [5.41, 5.74) is 2.22. The first-order valence-corrected chi connectivity index (χ1v) is 9.26. The van der Waals surface area contributed by atoms with E-state index in [-0.39, 0.29) is 11.4 Å². The highest BCUT2D eigenvalue weighted by atomic mass is 19.1. The first kappa shape index (κ1) is 17.7. The predicted molar refractivity (Wildman–Crippen MR) is 100 cm³/mol. The van der Waals surface area contributed by atoms with Crippen molar-refractivity contribution in [1.82, 2.24) is 19.5 Å². The third-order valence-electron chi connectivity index (χ3n) is 4.93. The average Bonchev–Trinajstić information content (AvgIpc) is 3.02. The third kappa shape index (κ3) is 4.03. The Morgan fingerprint density at radius 1 is 1.33 bits per heavy atom. The molecule has 1 aliphatic heterocycles. The highest BCUT2D eigenvalue weighted by Crippen LogP contribution is 2.21. The van der Waals surface area contributed by atoms with E-state index < -0.39 is 0 Å². The molecular formula is C20H23FN4O2. The first-order chi connectivity index (χ1) is 13.1. The number of nitrogens with zero attached hydrogens (tertiary/aromatic N) is 3. The van der Waals surface area contributed by atoms with Crippen LogP contribution in [0.2, 0.25) is 0 Å². The number of nitrogens with one attached hydrogen (secondary N) is 1. The molecule has 1 saturated heterocycles. The number of hydrogen-bond acceptors (Lipinski definition) is 4. The quantitative estimate of drug-likeness (QED) is 0.750. The van der Waals surface area contributed by atoms with Gasteiger partial charge in [-0.3, -0.25) is 14.8 Å². The van der Waals surface area contributed by atoms with Gasteiger partial charge in [-0.1, -0.05) is 12.1 Å². The Morgan fingerprint density at radius 2 is 2.19 bits per heavy atom. The molecule has 142 valence electrons. The minimum Gasteiger partial charge on any atom is -0.490 e. The highest BCUT2D eigenvalue weighted by molar-refractivity contribution is 5.39. The van der Waals surface area contributed by atoms with Crippen LogP contribution in [0.15, 0.2) is 41.2 Å². The third-order valence-corrected chi connectivity index (χ3v) is 4.93. The molecule has 3 aromatic rings. The number of benzene rings is 1. The van der Waals surface area contributed by atoms with Crippen LogP contribution in [0.25, 0.3) is 5.65 Å². The summed E-state index contributed by atoms with van der Waals surface area (Å²) in [6.07, 6.45) is 2.10. The van der Waals surface area contributed by atoms with E-state index in [1.807, 2.05) is 13.0 Å². The molecule has 0 saturated carbocycles. The molecule has 1 aromatic carbocycles. The van der Waals surface area contributed by atoms with Crippen molar-refractivity contribution in [3.8, 4) is 5.75 Å². The van der Waals surface area contributed by atoms with E-state index in [0.717, 1.165) is 37.3 Å². The molecule has 1 N–H and O–H groups in total. The Bertz CT molecular complexity index is 997. The van der Waals surface area contributed by atoms with Crippen molar-refractivity contribution in [3.63, 3.8) is 0 Å². The summed E-state index contributed by atoms with van der Waals surface area (Å²) in [6, 6.07) is 9.94. The van der Waals surface area contributed by atoms with Gasteiger partial charge in [0.05, 0.1) is 12.3 Å². The van der Waals surface area contributed by atoms with Crippen molar-refractivity contribution >= 4 is 5.65 Å². The molecule has 1 fully saturated rings. The summed E-state index contributed by atoms with van der Waals surface area (Å²) < 4.78 is 20.8. The van der Waals surface area contributed by atoms with Gasteiger partial charge in [-0.05, 0) is 38.4 Å². The Labute approximate surface area is 156 Å². The molecule has 0 spiro atoms. The SMILES string of the molecule is Cc1cc2nc(CN3CCC[C@H](COc4ccccc4F)C3)cc(=O)n2[nH]1. The Morgan fingerprint density at radius 3 is 3.04 bits per heavy atom. The van der Waals surface area contributed by atoms with Crippen molar-refractivity contribution < 1.29 is 9.13 Å². The number of para-hydroxylation sites is 1. The Balaban J connectivity index is 1.40. The van der Waals surface area contributed by atoms with Gasteiger partial charge in [0.25, 0.3) is 5.56 Å². The largest absolute Gasteiger partial charge is 0.490 e.